The molecular weight excluding hydrogens is 327 g/mol. The Balaban J connectivity index is 1.76. The molecule has 0 radical (unpaired) electrons. The second kappa shape index (κ2) is 8.58. The Morgan fingerprint density at radius 2 is 1.95 bits per heavy atom. The first-order valence-electron chi connectivity index (χ1n) is 7.17. The summed E-state index contributed by atoms with van der Waals surface area (Å²) in [6, 6.07) is 4.94. The largest absolute Gasteiger partial charge is 0.482 e. The minimum Gasteiger partial charge on any atom is -0.482 e. The predicted molar refractivity (Wildman–Crippen MR) is 86.9 cm³/mol. The Kier molecular flexibility index (Phi) is 6.76. The Bertz CT molecular complexity index is 506. The summed E-state index contributed by atoms with van der Waals surface area (Å²) in [6.07, 6.45) is 0. The third-order valence-electron chi connectivity index (χ3n) is 3.58. The maximum Gasteiger partial charge on any atom is 0.260 e. The lowest BCUT2D eigenvalue weighted by molar-refractivity contribution is -0.135. The minimum absolute atomic E-state index is 0.0145. The van der Waals surface area contributed by atoms with Crippen molar-refractivity contribution in [2.75, 3.05) is 53.0 Å². The molecule has 22 heavy (non-hydrogen) atoms. The van der Waals surface area contributed by atoms with Crippen molar-refractivity contribution in [3.05, 3.63) is 28.2 Å². The molecule has 0 saturated carbocycles. The van der Waals surface area contributed by atoms with Gasteiger partial charge < -0.3 is 14.4 Å². The zero-order chi connectivity index (χ0) is 15.9. The topological polar surface area (TPSA) is 42.0 Å². The molecule has 0 spiro atoms. The van der Waals surface area contributed by atoms with Crippen LogP contribution in [-0.4, -0.2) is 68.8 Å². The Hall–Kier alpha value is -1.01. The third kappa shape index (κ3) is 5.02. The first-order chi connectivity index (χ1) is 10.6. The highest BCUT2D eigenvalue weighted by Gasteiger charge is 2.21. The maximum absolute atomic E-state index is 12.2. The lowest BCUT2D eigenvalue weighted by atomic mass is 10.3. The average molecular weight is 347 g/mol. The highest BCUT2D eigenvalue weighted by molar-refractivity contribution is 6.35. The van der Waals surface area contributed by atoms with E-state index in [2.05, 4.69) is 4.90 Å². The minimum atomic E-state index is -0.0302. The number of ether oxygens (including phenoxy) is 2. The van der Waals surface area contributed by atoms with Crippen molar-refractivity contribution in [3.8, 4) is 5.75 Å². The molecule has 0 unspecified atom stereocenters. The quantitative estimate of drug-likeness (QED) is 0.791. The van der Waals surface area contributed by atoms with Gasteiger partial charge in [-0.3, -0.25) is 9.69 Å². The average Bonchev–Trinajstić information content (AvgIpc) is 2.52. The second-order valence-electron chi connectivity index (χ2n) is 5.08. The van der Waals surface area contributed by atoms with E-state index in [0.29, 0.717) is 35.5 Å². The van der Waals surface area contributed by atoms with Crippen molar-refractivity contribution < 1.29 is 14.3 Å². The Labute approximate surface area is 140 Å². The van der Waals surface area contributed by atoms with Crippen molar-refractivity contribution in [2.45, 2.75) is 0 Å². The van der Waals surface area contributed by atoms with E-state index in [1.54, 1.807) is 25.3 Å². The van der Waals surface area contributed by atoms with Gasteiger partial charge in [0, 0.05) is 44.9 Å². The Morgan fingerprint density at radius 3 is 2.59 bits per heavy atom. The van der Waals surface area contributed by atoms with Gasteiger partial charge >= 0.3 is 0 Å². The van der Waals surface area contributed by atoms with Gasteiger partial charge in [-0.15, -0.1) is 0 Å². The first kappa shape index (κ1) is 17.3. The summed E-state index contributed by atoms with van der Waals surface area (Å²) in [5.41, 5.74) is 0. The van der Waals surface area contributed by atoms with Gasteiger partial charge in [0.1, 0.15) is 5.75 Å². The summed E-state index contributed by atoms with van der Waals surface area (Å²) in [5.74, 6) is 0.440. The number of hydrogen-bond acceptors (Lipinski definition) is 4. The van der Waals surface area contributed by atoms with E-state index in [4.69, 9.17) is 32.7 Å². The van der Waals surface area contributed by atoms with Crippen LogP contribution in [0.4, 0.5) is 0 Å². The molecule has 1 aromatic carbocycles. The summed E-state index contributed by atoms with van der Waals surface area (Å²) in [4.78, 5) is 16.3. The zero-order valence-electron chi connectivity index (χ0n) is 12.6. The molecule has 1 aliphatic rings. The molecule has 1 aliphatic heterocycles. The number of rotatable bonds is 6. The number of piperazine rings is 1. The summed E-state index contributed by atoms with van der Waals surface area (Å²) in [6.45, 7) is 4.73. The van der Waals surface area contributed by atoms with Crippen LogP contribution >= 0.6 is 23.2 Å². The van der Waals surface area contributed by atoms with Gasteiger partial charge in [0.15, 0.2) is 6.61 Å². The van der Waals surface area contributed by atoms with Gasteiger partial charge in [0.2, 0.25) is 0 Å². The number of nitrogens with zero attached hydrogens (tertiary/aromatic N) is 2. The van der Waals surface area contributed by atoms with E-state index in [0.717, 1.165) is 19.6 Å². The van der Waals surface area contributed by atoms with Crippen LogP contribution in [0.25, 0.3) is 0 Å². The van der Waals surface area contributed by atoms with E-state index in [9.17, 15) is 4.79 Å². The summed E-state index contributed by atoms with van der Waals surface area (Å²) in [5, 5.41) is 0.945. The molecule has 122 valence electrons. The number of halogens is 2. The summed E-state index contributed by atoms with van der Waals surface area (Å²) >= 11 is 11.8. The molecular formula is C15H20Cl2N2O3. The molecule has 0 bridgehead atoms. The van der Waals surface area contributed by atoms with Gasteiger partial charge in [-0.05, 0) is 18.2 Å². The Morgan fingerprint density at radius 1 is 1.23 bits per heavy atom. The fraction of sp³-hybridized carbons (Fsp3) is 0.533. The molecule has 1 heterocycles. The number of amides is 1. The zero-order valence-corrected chi connectivity index (χ0v) is 14.1. The van der Waals surface area contributed by atoms with Crippen LogP contribution in [0.5, 0.6) is 5.75 Å². The molecule has 0 atom stereocenters. The molecule has 0 N–H and O–H groups in total. The lowest BCUT2D eigenvalue weighted by Crippen LogP contribution is -2.50. The molecule has 0 aromatic heterocycles. The van der Waals surface area contributed by atoms with Crippen LogP contribution in [0.3, 0.4) is 0 Å². The van der Waals surface area contributed by atoms with Gasteiger partial charge in [-0.1, -0.05) is 23.2 Å². The van der Waals surface area contributed by atoms with Crippen LogP contribution in [0.2, 0.25) is 10.0 Å². The number of methoxy groups -OCH3 is 1. The van der Waals surface area contributed by atoms with Crippen molar-refractivity contribution >= 4 is 29.1 Å². The van der Waals surface area contributed by atoms with E-state index >= 15 is 0 Å². The van der Waals surface area contributed by atoms with E-state index in [1.807, 2.05) is 4.90 Å². The fourth-order valence-electron chi connectivity index (χ4n) is 2.26. The maximum atomic E-state index is 12.2. The molecule has 5 nitrogen and oxygen atoms in total. The number of carbonyl (C=O) groups is 1. The highest BCUT2D eigenvalue weighted by atomic mass is 35.5. The monoisotopic (exact) mass is 346 g/mol. The van der Waals surface area contributed by atoms with Crippen LogP contribution in [0, 0.1) is 0 Å². The molecule has 1 saturated heterocycles. The fourth-order valence-corrected chi connectivity index (χ4v) is 2.73. The normalized spacial score (nSPS) is 15.9. The van der Waals surface area contributed by atoms with Gasteiger partial charge in [0.25, 0.3) is 5.91 Å². The van der Waals surface area contributed by atoms with Crippen molar-refractivity contribution in [1.29, 1.82) is 0 Å². The molecule has 2 rings (SSSR count). The van der Waals surface area contributed by atoms with E-state index in [-0.39, 0.29) is 12.5 Å². The number of benzene rings is 1. The predicted octanol–water partition coefficient (Wildman–Crippen LogP) is 2.16. The molecule has 1 fully saturated rings. The van der Waals surface area contributed by atoms with Gasteiger partial charge in [-0.2, -0.15) is 0 Å². The molecule has 7 heteroatoms. The van der Waals surface area contributed by atoms with Crippen LogP contribution in [-0.2, 0) is 9.53 Å². The highest BCUT2D eigenvalue weighted by Crippen LogP contribution is 2.27. The second-order valence-corrected chi connectivity index (χ2v) is 5.92. The summed E-state index contributed by atoms with van der Waals surface area (Å²) in [7, 11) is 1.69. The molecule has 1 aromatic rings. The molecule has 0 aliphatic carbocycles. The standard InChI is InChI=1S/C15H20Cl2N2O3/c1-21-9-8-18-4-6-19(7-5-18)15(20)11-22-14-3-2-12(16)10-13(14)17/h2-3,10H,4-9,11H2,1H3. The molecule has 1 amide bonds. The van der Waals surface area contributed by atoms with Crippen molar-refractivity contribution in [2.24, 2.45) is 0 Å². The first-order valence-corrected chi connectivity index (χ1v) is 7.92. The third-order valence-corrected chi connectivity index (χ3v) is 4.11. The van der Waals surface area contributed by atoms with Crippen LogP contribution in [0.1, 0.15) is 0 Å². The lowest BCUT2D eigenvalue weighted by Gasteiger charge is -2.34. The van der Waals surface area contributed by atoms with Crippen molar-refractivity contribution in [3.63, 3.8) is 0 Å². The number of hydrogen-bond donors (Lipinski definition) is 0. The smallest absolute Gasteiger partial charge is 0.260 e. The van der Waals surface area contributed by atoms with Crippen molar-refractivity contribution in [1.82, 2.24) is 9.80 Å². The SMILES string of the molecule is COCCN1CCN(C(=O)COc2ccc(Cl)cc2Cl)CC1. The van der Waals surface area contributed by atoms with Gasteiger partial charge in [0.05, 0.1) is 11.6 Å². The van der Waals surface area contributed by atoms with E-state index < -0.39 is 0 Å². The number of carbonyl (C=O) groups excluding carboxylic acids is 1. The van der Waals surface area contributed by atoms with Gasteiger partial charge in [-0.25, -0.2) is 0 Å². The van der Waals surface area contributed by atoms with Crippen LogP contribution in [0.15, 0.2) is 18.2 Å². The summed E-state index contributed by atoms with van der Waals surface area (Å²) < 4.78 is 10.5. The van der Waals surface area contributed by atoms with Crippen LogP contribution < -0.4 is 4.74 Å². The van der Waals surface area contributed by atoms with E-state index in [1.165, 1.54) is 0 Å².